The topological polar surface area (TPSA) is 49.7 Å². The first-order valence-electron chi connectivity index (χ1n) is 7.60. The highest BCUT2D eigenvalue weighted by atomic mass is 16.5. The highest BCUT2D eigenvalue weighted by Gasteiger charge is 2.47. The number of aromatic hydroxyl groups is 1. The van der Waals surface area contributed by atoms with Crippen LogP contribution in [0, 0.1) is 17.4 Å². The van der Waals surface area contributed by atoms with Gasteiger partial charge in [-0.3, -0.25) is 0 Å². The molecular weight excluding hydrogens is 288 g/mol. The largest absolute Gasteiger partial charge is 0.508 e. The molecule has 0 aliphatic heterocycles. The van der Waals surface area contributed by atoms with Crippen molar-refractivity contribution >= 4 is 0 Å². The molecule has 0 fully saturated rings. The van der Waals surface area contributed by atoms with Gasteiger partial charge in [-0.05, 0) is 61.7 Å². The highest BCUT2D eigenvalue weighted by molar-refractivity contribution is 5.68. The van der Waals surface area contributed by atoms with Gasteiger partial charge in [0.25, 0.3) is 0 Å². The van der Waals surface area contributed by atoms with Gasteiger partial charge in [-0.15, -0.1) is 0 Å². The summed E-state index contributed by atoms with van der Waals surface area (Å²) < 4.78 is 5.83. The Bertz CT molecular complexity index is 794. The van der Waals surface area contributed by atoms with Crippen molar-refractivity contribution in [3.63, 3.8) is 0 Å². The van der Waals surface area contributed by atoms with Gasteiger partial charge < -0.3 is 14.9 Å². The molecule has 2 aromatic rings. The van der Waals surface area contributed by atoms with Gasteiger partial charge >= 0.3 is 0 Å². The smallest absolute Gasteiger partial charge is 0.119 e. The van der Waals surface area contributed by atoms with E-state index in [1.807, 2.05) is 38.2 Å². The zero-order valence-electron chi connectivity index (χ0n) is 13.6. The molecule has 3 rings (SSSR count). The van der Waals surface area contributed by atoms with Gasteiger partial charge in [0.2, 0.25) is 0 Å². The third-order valence-corrected chi connectivity index (χ3v) is 4.44. The van der Waals surface area contributed by atoms with E-state index < -0.39 is 5.41 Å². The second-order valence-corrected chi connectivity index (χ2v) is 6.79. The van der Waals surface area contributed by atoms with E-state index in [1.165, 1.54) is 11.1 Å². The summed E-state index contributed by atoms with van der Waals surface area (Å²) >= 11 is 0. The minimum absolute atomic E-state index is 0.101. The first kappa shape index (κ1) is 15.3. The quantitative estimate of drug-likeness (QED) is 0.845. The lowest BCUT2D eigenvalue weighted by molar-refractivity contribution is 0.228. The lowest BCUT2D eigenvalue weighted by Crippen LogP contribution is -2.19. The number of phenolic OH excluding ortho intramolecular Hbond substituents is 1. The summed E-state index contributed by atoms with van der Waals surface area (Å²) in [4.78, 5) is 0. The van der Waals surface area contributed by atoms with Crippen LogP contribution < -0.4 is 4.74 Å². The number of rotatable bonds is 4. The number of ether oxygens (including phenoxy) is 1. The number of aliphatic hydroxyl groups excluding tert-OH is 1. The van der Waals surface area contributed by atoms with Crippen LogP contribution in [0.15, 0.2) is 42.5 Å². The Morgan fingerprint density at radius 1 is 1.09 bits per heavy atom. The van der Waals surface area contributed by atoms with Crippen molar-refractivity contribution in [3.8, 4) is 23.5 Å². The zero-order chi connectivity index (χ0) is 16.7. The maximum absolute atomic E-state index is 9.44. The van der Waals surface area contributed by atoms with Crippen molar-refractivity contribution in [1.29, 1.82) is 0 Å². The van der Waals surface area contributed by atoms with E-state index in [1.54, 1.807) is 12.1 Å². The van der Waals surface area contributed by atoms with Crippen molar-refractivity contribution in [2.75, 3.05) is 6.61 Å². The van der Waals surface area contributed by atoms with Crippen molar-refractivity contribution < 1.29 is 14.9 Å². The van der Waals surface area contributed by atoms with Crippen LogP contribution in [0.1, 0.15) is 37.5 Å². The summed E-state index contributed by atoms with van der Waals surface area (Å²) in [6.07, 6.45) is 1.95. The molecule has 3 heteroatoms. The minimum atomic E-state index is -0.401. The first-order valence-corrected chi connectivity index (χ1v) is 7.60. The average Bonchev–Trinajstić information content (AvgIpc) is 3.12. The Morgan fingerprint density at radius 3 is 2.43 bits per heavy atom. The molecular formula is C20H20O3. The molecule has 0 saturated heterocycles. The van der Waals surface area contributed by atoms with Crippen molar-refractivity contribution in [3.05, 3.63) is 59.2 Å². The lowest BCUT2D eigenvalue weighted by Gasteiger charge is -2.17. The summed E-state index contributed by atoms with van der Waals surface area (Å²) in [5.74, 6) is 3.80. The number of hydrogen-bond acceptors (Lipinski definition) is 3. The summed E-state index contributed by atoms with van der Waals surface area (Å²) in [6, 6.07) is 13.4. The van der Waals surface area contributed by atoms with Gasteiger partial charge in [-0.1, -0.05) is 24.1 Å². The van der Waals surface area contributed by atoms with E-state index in [4.69, 9.17) is 9.84 Å². The third-order valence-electron chi connectivity index (χ3n) is 4.44. The first-order chi connectivity index (χ1) is 10.9. The molecule has 118 valence electrons. The van der Waals surface area contributed by atoms with Crippen LogP contribution in [0.2, 0.25) is 0 Å². The fraction of sp³-hybridized carbons (Fsp3) is 0.300. The number of aliphatic hydroxyl groups is 1. The molecule has 0 aromatic heterocycles. The Balaban J connectivity index is 1.77. The molecule has 0 amide bonds. The molecule has 1 unspecified atom stereocenters. The molecule has 1 aliphatic rings. The minimum Gasteiger partial charge on any atom is -0.508 e. The van der Waals surface area contributed by atoms with Gasteiger partial charge in [0.15, 0.2) is 0 Å². The van der Waals surface area contributed by atoms with E-state index in [-0.39, 0.29) is 11.2 Å². The molecule has 0 saturated carbocycles. The SMILES string of the molecule is CC(C)(C#CO)COc1ccc2c(c1)C2(C)c1ccc(O)cc1. The predicted molar refractivity (Wildman–Crippen MR) is 89.1 cm³/mol. The van der Waals surface area contributed by atoms with Gasteiger partial charge in [0, 0.05) is 5.41 Å². The van der Waals surface area contributed by atoms with Gasteiger partial charge in [0.1, 0.15) is 24.2 Å². The maximum Gasteiger partial charge on any atom is 0.119 e. The number of benzene rings is 2. The van der Waals surface area contributed by atoms with Crippen molar-refractivity contribution in [1.82, 2.24) is 0 Å². The molecule has 2 aromatic carbocycles. The summed E-state index contributed by atoms with van der Waals surface area (Å²) in [5, 5.41) is 18.2. The van der Waals surface area contributed by atoms with E-state index in [2.05, 4.69) is 25.0 Å². The van der Waals surface area contributed by atoms with Crippen LogP contribution in [-0.4, -0.2) is 16.8 Å². The van der Waals surface area contributed by atoms with E-state index in [0.717, 1.165) is 11.3 Å². The molecule has 1 aliphatic carbocycles. The van der Waals surface area contributed by atoms with Crippen LogP contribution in [-0.2, 0) is 5.41 Å². The highest BCUT2D eigenvalue weighted by Crippen LogP contribution is 2.55. The third kappa shape index (κ3) is 2.73. The molecule has 0 spiro atoms. The second kappa shape index (κ2) is 5.24. The lowest BCUT2D eigenvalue weighted by atomic mass is 9.93. The van der Waals surface area contributed by atoms with Gasteiger partial charge in [0.05, 0.1) is 5.41 Å². The van der Waals surface area contributed by atoms with E-state index in [9.17, 15) is 5.11 Å². The predicted octanol–water partition coefficient (Wildman–Crippen LogP) is 3.80. The van der Waals surface area contributed by atoms with Crippen LogP contribution in [0.25, 0.3) is 0 Å². The Morgan fingerprint density at radius 2 is 1.78 bits per heavy atom. The fourth-order valence-corrected chi connectivity index (χ4v) is 2.91. The van der Waals surface area contributed by atoms with Crippen LogP contribution in [0.3, 0.4) is 0 Å². The van der Waals surface area contributed by atoms with Crippen molar-refractivity contribution in [2.45, 2.75) is 26.2 Å². The molecule has 0 radical (unpaired) electrons. The van der Waals surface area contributed by atoms with E-state index in [0.29, 0.717) is 6.61 Å². The second-order valence-electron chi connectivity index (χ2n) is 6.79. The summed E-state index contributed by atoms with van der Waals surface area (Å²) in [7, 11) is 0. The van der Waals surface area contributed by atoms with Crippen LogP contribution >= 0.6 is 0 Å². The normalized spacial score (nSPS) is 18.6. The standard InChI is InChI=1S/C20H20O3/c1-19(2,10-11-21)13-23-16-8-9-17-18(12-16)20(17,3)14-4-6-15(22)7-5-14/h4-9,12,21-22H,13H2,1-3H3. The molecule has 0 bridgehead atoms. The maximum atomic E-state index is 9.44. The Kier molecular flexibility index (Phi) is 3.49. The monoisotopic (exact) mass is 308 g/mol. The number of fused-ring (bicyclic) bond motifs is 1. The Labute approximate surface area is 136 Å². The van der Waals surface area contributed by atoms with Gasteiger partial charge in [-0.25, -0.2) is 0 Å². The Hall–Kier alpha value is -2.60. The molecule has 0 heterocycles. The van der Waals surface area contributed by atoms with Crippen LogP contribution in [0.4, 0.5) is 0 Å². The molecule has 23 heavy (non-hydrogen) atoms. The molecule has 1 atom stereocenters. The van der Waals surface area contributed by atoms with E-state index >= 15 is 0 Å². The zero-order valence-corrected chi connectivity index (χ0v) is 13.6. The summed E-state index contributed by atoms with van der Waals surface area (Å²) in [5.41, 5.74) is 3.18. The van der Waals surface area contributed by atoms with Crippen LogP contribution in [0.5, 0.6) is 11.5 Å². The van der Waals surface area contributed by atoms with Crippen molar-refractivity contribution in [2.24, 2.45) is 5.41 Å². The summed E-state index contributed by atoms with van der Waals surface area (Å²) in [6.45, 7) is 6.43. The molecule has 3 nitrogen and oxygen atoms in total. The molecule has 2 N–H and O–H groups in total. The number of hydrogen-bond donors (Lipinski definition) is 2. The average molecular weight is 308 g/mol. The number of phenols is 1. The van der Waals surface area contributed by atoms with Gasteiger partial charge in [-0.2, -0.15) is 0 Å². The fourth-order valence-electron chi connectivity index (χ4n) is 2.91.